The summed E-state index contributed by atoms with van der Waals surface area (Å²) in [4.78, 5) is 0. The Balaban J connectivity index is 2.03. The lowest BCUT2D eigenvalue weighted by molar-refractivity contribution is 0.306. The molecule has 3 N–H and O–H groups in total. The predicted octanol–water partition coefficient (Wildman–Crippen LogP) is 2.30. The molecule has 0 aromatic heterocycles. The zero-order valence-electron chi connectivity index (χ0n) is 11.7. The van der Waals surface area contributed by atoms with Gasteiger partial charge in [0, 0.05) is 5.56 Å². The molecule has 0 fully saturated rings. The summed E-state index contributed by atoms with van der Waals surface area (Å²) in [6.07, 6.45) is 1.59. The molecule has 0 aliphatic heterocycles. The summed E-state index contributed by atoms with van der Waals surface area (Å²) in [5, 5.41) is 13.0. The molecule has 0 atom stereocenters. The number of nitrogens with one attached hydrogen (secondary N) is 1. The van der Waals surface area contributed by atoms with E-state index in [1.54, 1.807) is 12.3 Å². The molecule has 2 rings (SSSR count). The number of ether oxygens (including phenoxy) is 1. The van der Waals surface area contributed by atoms with Crippen LogP contribution in [0.25, 0.3) is 0 Å². The first-order valence-electron chi connectivity index (χ1n) is 6.48. The highest BCUT2D eigenvalue weighted by Crippen LogP contribution is 2.16. The molecule has 2 aromatic rings. The second kappa shape index (κ2) is 7.76. The number of hydrogen-bond donors (Lipinski definition) is 2. The van der Waals surface area contributed by atoms with Gasteiger partial charge in [-0.2, -0.15) is 10.4 Å². The van der Waals surface area contributed by atoms with Gasteiger partial charge in [0.15, 0.2) is 5.11 Å². The molecule has 110 valence electrons. The van der Waals surface area contributed by atoms with E-state index in [0.717, 1.165) is 11.1 Å². The maximum absolute atomic E-state index is 9.05. The highest BCUT2D eigenvalue weighted by molar-refractivity contribution is 7.80. The Kier molecular flexibility index (Phi) is 5.46. The quantitative estimate of drug-likeness (QED) is 0.503. The van der Waals surface area contributed by atoms with Crippen LogP contribution in [-0.4, -0.2) is 11.3 Å². The lowest BCUT2D eigenvalue weighted by Crippen LogP contribution is -2.23. The number of nitrogens with two attached hydrogens (primary N) is 1. The fourth-order valence-electron chi connectivity index (χ4n) is 1.77. The standard InChI is InChI=1S/C16H14N4OS/c17-9-13-5-1-2-6-14(13)11-21-15-7-3-4-12(8-15)10-19-20-16(18)22/h1-8,10H,11H2,(H3,18,20,22). The van der Waals surface area contributed by atoms with E-state index in [2.05, 4.69) is 28.8 Å². The van der Waals surface area contributed by atoms with Crippen LogP contribution in [0, 0.1) is 11.3 Å². The highest BCUT2D eigenvalue weighted by Gasteiger charge is 2.02. The number of rotatable bonds is 5. The van der Waals surface area contributed by atoms with Crippen LogP contribution in [0.4, 0.5) is 0 Å². The highest BCUT2D eigenvalue weighted by atomic mass is 32.1. The number of nitriles is 1. The van der Waals surface area contributed by atoms with Crippen LogP contribution in [0.3, 0.4) is 0 Å². The van der Waals surface area contributed by atoms with Crippen molar-refractivity contribution < 1.29 is 4.74 Å². The summed E-state index contributed by atoms with van der Waals surface area (Å²) in [5.41, 5.74) is 10.1. The molecular formula is C16H14N4OS. The lowest BCUT2D eigenvalue weighted by atomic mass is 10.1. The summed E-state index contributed by atoms with van der Waals surface area (Å²) >= 11 is 4.66. The molecule has 0 aliphatic carbocycles. The van der Waals surface area contributed by atoms with Gasteiger partial charge >= 0.3 is 0 Å². The van der Waals surface area contributed by atoms with E-state index in [1.807, 2.05) is 42.5 Å². The molecular weight excluding hydrogens is 296 g/mol. The molecule has 0 unspecified atom stereocenters. The minimum atomic E-state index is 0.108. The molecule has 0 aliphatic rings. The Hall–Kier alpha value is -2.91. The van der Waals surface area contributed by atoms with Gasteiger partial charge in [0.05, 0.1) is 17.8 Å². The lowest BCUT2D eigenvalue weighted by Gasteiger charge is -2.08. The molecule has 22 heavy (non-hydrogen) atoms. The van der Waals surface area contributed by atoms with Crippen molar-refractivity contribution in [2.75, 3.05) is 0 Å². The molecule has 0 saturated heterocycles. The molecule has 0 saturated carbocycles. The van der Waals surface area contributed by atoms with Crippen molar-refractivity contribution in [2.24, 2.45) is 10.8 Å². The van der Waals surface area contributed by atoms with Gasteiger partial charge in [-0.1, -0.05) is 30.3 Å². The molecule has 2 aromatic carbocycles. The summed E-state index contributed by atoms with van der Waals surface area (Å²) < 4.78 is 5.72. The van der Waals surface area contributed by atoms with Crippen molar-refractivity contribution in [1.29, 1.82) is 5.26 Å². The fraction of sp³-hybridized carbons (Fsp3) is 0.0625. The van der Waals surface area contributed by atoms with Crippen LogP contribution in [0.15, 0.2) is 53.6 Å². The molecule has 6 heteroatoms. The zero-order chi connectivity index (χ0) is 15.8. The van der Waals surface area contributed by atoms with Gasteiger partial charge in [-0.15, -0.1) is 0 Å². The Bertz CT molecular complexity index is 737. The third-order valence-electron chi connectivity index (χ3n) is 2.78. The monoisotopic (exact) mass is 310 g/mol. The van der Waals surface area contributed by atoms with E-state index in [0.29, 0.717) is 17.9 Å². The van der Waals surface area contributed by atoms with E-state index in [4.69, 9.17) is 15.7 Å². The molecule has 5 nitrogen and oxygen atoms in total. The first-order chi connectivity index (χ1) is 10.7. The van der Waals surface area contributed by atoms with Crippen molar-refractivity contribution in [3.63, 3.8) is 0 Å². The maximum Gasteiger partial charge on any atom is 0.184 e. The molecule has 0 bridgehead atoms. The van der Waals surface area contributed by atoms with Crippen LogP contribution in [0.1, 0.15) is 16.7 Å². The van der Waals surface area contributed by atoms with Gasteiger partial charge < -0.3 is 10.5 Å². The van der Waals surface area contributed by atoms with E-state index in [1.165, 1.54) is 0 Å². The van der Waals surface area contributed by atoms with Crippen LogP contribution in [0.5, 0.6) is 5.75 Å². The van der Waals surface area contributed by atoms with Crippen LogP contribution < -0.4 is 15.9 Å². The molecule has 0 radical (unpaired) electrons. The minimum Gasteiger partial charge on any atom is -0.489 e. The number of nitrogens with zero attached hydrogens (tertiary/aromatic N) is 2. The Morgan fingerprint density at radius 3 is 2.91 bits per heavy atom. The molecule has 0 heterocycles. The number of benzene rings is 2. The normalized spacial score (nSPS) is 10.1. The van der Waals surface area contributed by atoms with E-state index < -0.39 is 0 Å². The first kappa shape index (κ1) is 15.5. The largest absolute Gasteiger partial charge is 0.489 e. The van der Waals surface area contributed by atoms with Gasteiger partial charge in [0.1, 0.15) is 12.4 Å². The van der Waals surface area contributed by atoms with Crippen molar-refractivity contribution in [3.8, 4) is 11.8 Å². The second-order valence-corrected chi connectivity index (χ2v) is 4.80. The summed E-state index contributed by atoms with van der Waals surface area (Å²) in [6.45, 7) is 0.329. The third kappa shape index (κ3) is 4.58. The second-order valence-electron chi connectivity index (χ2n) is 4.36. The SMILES string of the molecule is N#Cc1ccccc1COc1cccc(C=NNC(N)=S)c1. The Labute approximate surface area is 134 Å². The average molecular weight is 310 g/mol. The predicted molar refractivity (Wildman–Crippen MR) is 89.4 cm³/mol. The van der Waals surface area contributed by atoms with Crippen LogP contribution in [-0.2, 0) is 6.61 Å². The fourth-order valence-corrected chi connectivity index (χ4v) is 1.82. The van der Waals surface area contributed by atoms with Crippen LogP contribution >= 0.6 is 12.2 Å². The van der Waals surface area contributed by atoms with Crippen molar-refractivity contribution in [2.45, 2.75) is 6.61 Å². The van der Waals surface area contributed by atoms with E-state index in [9.17, 15) is 0 Å². The number of thiocarbonyl (C=S) groups is 1. The average Bonchev–Trinajstić information content (AvgIpc) is 2.53. The Morgan fingerprint density at radius 2 is 2.14 bits per heavy atom. The summed E-state index contributed by atoms with van der Waals surface area (Å²) in [6, 6.07) is 16.9. The van der Waals surface area contributed by atoms with Crippen molar-refractivity contribution >= 4 is 23.5 Å². The number of hydrazone groups is 1. The van der Waals surface area contributed by atoms with Crippen LogP contribution in [0.2, 0.25) is 0 Å². The van der Waals surface area contributed by atoms with Gasteiger partial charge in [-0.05, 0) is 36.0 Å². The minimum absolute atomic E-state index is 0.108. The molecule has 0 amide bonds. The van der Waals surface area contributed by atoms with Gasteiger partial charge in [0.2, 0.25) is 0 Å². The van der Waals surface area contributed by atoms with Crippen molar-refractivity contribution in [1.82, 2.24) is 5.43 Å². The van der Waals surface area contributed by atoms with E-state index >= 15 is 0 Å². The third-order valence-corrected chi connectivity index (χ3v) is 2.87. The Morgan fingerprint density at radius 1 is 1.32 bits per heavy atom. The summed E-state index contributed by atoms with van der Waals surface area (Å²) in [5.74, 6) is 0.687. The topological polar surface area (TPSA) is 83.4 Å². The number of hydrogen-bond acceptors (Lipinski definition) is 4. The van der Waals surface area contributed by atoms with Gasteiger partial charge in [-0.25, -0.2) is 0 Å². The smallest absolute Gasteiger partial charge is 0.184 e. The van der Waals surface area contributed by atoms with Crippen molar-refractivity contribution in [3.05, 3.63) is 65.2 Å². The van der Waals surface area contributed by atoms with Gasteiger partial charge in [0.25, 0.3) is 0 Å². The van der Waals surface area contributed by atoms with Gasteiger partial charge in [-0.3, -0.25) is 5.43 Å². The first-order valence-corrected chi connectivity index (χ1v) is 6.89. The summed E-state index contributed by atoms with van der Waals surface area (Å²) in [7, 11) is 0. The van der Waals surface area contributed by atoms with E-state index in [-0.39, 0.29) is 5.11 Å². The maximum atomic E-state index is 9.05. The zero-order valence-corrected chi connectivity index (χ0v) is 12.5. The molecule has 0 spiro atoms.